The molecule has 2 atom stereocenters. The molecule has 1 rings (SSSR count). The van der Waals surface area contributed by atoms with Gasteiger partial charge < -0.3 is 15.5 Å². The summed E-state index contributed by atoms with van der Waals surface area (Å²) in [5.41, 5.74) is 5.80. The van der Waals surface area contributed by atoms with Crippen LogP contribution in [0.3, 0.4) is 0 Å². The van der Waals surface area contributed by atoms with Gasteiger partial charge in [-0.05, 0) is 52.4 Å². The molecule has 0 aromatic carbocycles. The Morgan fingerprint density at radius 2 is 1.73 bits per heavy atom. The molecule has 0 aromatic rings. The maximum Gasteiger partial charge on any atom is 0.0106 e. The molecule has 0 aromatic heterocycles. The normalized spacial score (nSPS) is 26.8. The van der Waals surface area contributed by atoms with E-state index < -0.39 is 0 Å². The van der Waals surface area contributed by atoms with Crippen molar-refractivity contribution in [2.75, 3.05) is 47.3 Å². The molecule has 0 amide bonds. The smallest absolute Gasteiger partial charge is 0.0106 e. The fourth-order valence-corrected chi connectivity index (χ4v) is 2.53. The molecule has 0 spiro atoms. The molecule has 2 N–H and O–H groups in total. The Hall–Kier alpha value is -0.120. The summed E-state index contributed by atoms with van der Waals surface area (Å²) in [5.74, 6) is 1.63. The Labute approximate surface area is 94.6 Å². The highest BCUT2D eigenvalue weighted by molar-refractivity contribution is 4.80. The summed E-state index contributed by atoms with van der Waals surface area (Å²) < 4.78 is 0. The van der Waals surface area contributed by atoms with Gasteiger partial charge in [-0.2, -0.15) is 0 Å². The van der Waals surface area contributed by atoms with Crippen LogP contribution in [0.25, 0.3) is 0 Å². The Bertz CT molecular complexity index is 170. The summed E-state index contributed by atoms with van der Waals surface area (Å²) in [6.45, 7) is 4.43. The van der Waals surface area contributed by atoms with Gasteiger partial charge in [-0.25, -0.2) is 0 Å². The van der Waals surface area contributed by atoms with Crippen LogP contribution in [0.2, 0.25) is 0 Å². The number of nitrogens with two attached hydrogens (primary N) is 1. The van der Waals surface area contributed by atoms with Crippen LogP contribution in [0.4, 0.5) is 0 Å². The third-order valence-corrected chi connectivity index (χ3v) is 3.59. The minimum absolute atomic E-state index is 0.784. The lowest BCUT2D eigenvalue weighted by Crippen LogP contribution is -2.34. The fourth-order valence-electron chi connectivity index (χ4n) is 2.53. The summed E-state index contributed by atoms with van der Waals surface area (Å²) in [7, 11) is 6.49. The van der Waals surface area contributed by atoms with Crippen LogP contribution >= 0.6 is 0 Å². The van der Waals surface area contributed by atoms with Gasteiger partial charge in [-0.1, -0.05) is 6.42 Å². The minimum atomic E-state index is 0.784. The van der Waals surface area contributed by atoms with Crippen molar-refractivity contribution in [2.24, 2.45) is 17.6 Å². The first-order chi connectivity index (χ1) is 7.13. The van der Waals surface area contributed by atoms with Crippen LogP contribution in [-0.4, -0.2) is 57.1 Å². The predicted molar refractivity (Wildman–Crippen MR) is 65.9 cm³/mol. The lowest BCUT2D eigenvalue weighted by atomic mass is 9.96. The van der Waals surface area contributed by atoms with Crippen LogP contribution in [0, 0.1) is 11.8 Å². The maximum absolute atomic E-state index is 5.80. The zero-order chi connectivity index (χ0) is 11.3. The zero-order valence-electron chi connectivity index (χ0n) is 10.6. The molecule has 1 saturated carbocycles. The Kier molecular flexibility index (Phi) is 5.58. The first-order valence-corrected chi connectivity index (χ1v) is 6.16. The summed E-state index contributed by atoms with van der Waals surface area (Å²) in [4.78, 5) is 4.70. The van der Waals surface area contributed by atoms with Gasteiger partial charge in [0.2, 0.25) is 0 Å². The van der Waals surface area contributed by atoms with Gasteiger partial charge in [0.05, 0.1) is 0 Å². The first-order valence-electron chi connectivity index (χ1n) is 6.16. The SMILES string of the molecule is CN(C)CCN(C)CC1CCCC1CN. The van der Waals surface area contributed by atoms with Crippen LogP contribution in [0.15, 0.2) is 0 Å². The average molecular weight is 213 g/mol. The van der Waals surface area contributed by atoms with Crippen LogP contribution in [0.1, 0.15) is 19.3 Å². The molecule has 1 aliphatic carbocycles. The van der Waals surface area contributed by atoms with Crippen LogP contribution in [-0.2, 0) is 0 Å². The first kappa shape index (κ1) is 12.9. The molecule has 0 radical (unpaired) electrons. The average Bonchev–Trinajstić information content (AvgIpc) is 2.62. The van der Waals surface area contributed by atoms with E-state index in [4.69, 9.17) is 5.73 Å². The van der Waals surface area contributed by atoms with Crippen LogP contribution in [0.5, 0.6) is 0 Å². The predicted octanol–water partition coefficient (Wildman–Crippen LogP) is 0.855. The highest BCUT2D eigenvalue weighted by Crippen LogP contribution is 2.31. The van der Waals surface area contributed by atoms with E-state index in [9.17, 15) is 0 Å². The van der Waals surface area contributed by atoms with Gasteiger partial charge in [0.15, 0.2) is 0 Å². The quantitative estimate of drug-likeness (QED) is 0.710. The minimum Gasteiger partial charge on any atom is -0.330 e. The summed E-state index contributed by atoms with van der Waals surface area (Å²) in [6, 6.07) is 0. The second kappa shape index (κ2) is 6.46. The second-order valence-electron chi connectivity index (χ2n) is 5.25. The number of likely N-dealkylation sites (N-methyl/N-ethyl adjacent to an activating group) is 2. The molecular weight excluding hydrogens is 186 g/mol. The summed E-state index contributed by atoms with van der Waals surface area (Å²) in [5, 5.41) is 0. The highest BCUT2D eigenvalue weighted by atomic mass is 15.1. The maximum atomic E-state index is 5.80. The lowest BCUT2D eigenvalue weighted by molar-refractivity contribution is 0.223. The van der Waals surface area contributed by atoms with Crippen molar-refractivity contribution in [1.82, 2.24) is 9.80 Å². The van der Waals surface area contributed by atoms with E-state index in [1.54, 1.807) is 0 Å². The van der Waals surface area contributed by atoms with E-state index in [1.807, 2.05) is 0 Å². The topological polar surface area (TPSA) is 32.5 Å². The molecule has 3 heteroatoms. The molecule has 1 aliphatic rings. The standard InChI is InChI=1S/C12H27N3/c1-14(2)7-8-15(3)10-12-6-4-5-11(12)9-13/h11-12H,4-10,13H2,1-3H3. The van der Waals surface area contributed by atoms with Crippen molar-refractivity contribution in [1.29, 1.82) is 0 Å². The van der Waals surface area contributed by atoms with Gasteiger partial charge in [0.1, 0.15) is 0 Å². The van der Waals surface area contributed by atoms with E-state index in [1.165, 1.54) is 32.4 Å². The fraction of sp³-hybridized carbons (Fsp3) is 1.00. The summed E-state index contributed by atoms with van der Waals surface area (Å²) in [6.07, 6.45) is 4.12. The highest BCUT2D eigenvalue weighted by Gasteiger charge is 2.26. The van der Waals surface area contributed by atoms with Crippen LogP contribution < -0.4 is 5.73 Å². The Morgan fingerprint density at radius 1 is 1.07 bits per heavy atom. The monoisotopic (exact) mass is 213 g/mol. The lowest BCUT2D eigenvalue weighted by Gasteiger charge is -2.25. The molecule has 90 valence electrons. The van der Waals surface area contributed by atoms with E-state index in [0.717, 1.165) is 24.9 Å². The molecule has 0 bridgehead atoms. The third kappa shape index (κ3) is 4.49. The summed E-state index contributed by atoms with van der Waals surface area (Å²) >= 11 is 0. The van der Waals surface area contributed by atoms with Crippen molar-refractivity contribution in [2.45, 2.75) is 19.3 Å². The van der Waals surface area contributed by atoms with Gasteiger partial charge in [0, 0.05) is 19.6 Å². The number of rotatable bonds is 6. The third-order valence-electron chi connectivity index (χ3n) is 3.59. The molecule has 0 heterocycles. The van der Waals surface area contributed by atoms with Crippen molar-refractivity contribution >= 4 is 0 Å². The van der Waals surface area contributed by atoms with Crippen molar-refractivity contribution in [3.05, 3.63) is 0 Å². The van der Waals surface area contributed by atoms with Gasteiger partial charge >= 0.3 is 0 Å². The molecule has 1 fully saturated rings. The molecule has 0 aliphatic heterocycles. The molecule has 3 nitrogen and oxygen atoms in total. The zero-order valence-corrected chi connectivity index (χ0v) is 10.6. The molecule has 15 heavy (non-hydrogen) atoms. The molecule has 0 saturated heterocycles. The number of hydrogen-bond acceptors (Lipinski definition) is 3. The second-order valence-corrected chi connectivity index (χ2v) is 5.25. The van der Waals surface area contributed by atoms with Gasteiger partial charge in [-0.15, -0.1) is 0 Å². The van der Waals surface area contributed by atoms with Gasteiger partial charge in [0.25, 0.3) is 0 Å². The Morgan fingerprint density at radius 3 is 2.33 bits per heavy atom. The van der Waals surface area contributed by atoms with E-state index in [2.05, 4.69) is 30.9 Å². The van der Waals surface area contributed by atoms with E-state index in [-0.39, 0.29) is 0 Å². The van der Waals surface area contributed by atoms with E-state index >= 15 is 0 Å². The van der Waals surface area contributed by atoms with Gasteiger partial charge in [-0.3, -0.25) is 0 Å². The molecule has 2 unspecified atom stereocenters. The molecular formula is C12H27N3. The Balaban J connectivity index is 2.21. The number of hydrogen-bond donors (Lipinski definition) is 1. The van der Waals surface area contributed by atoms with Crippen molar-refractivity contribution < 1.29 is 0 Å². The van der Waals surface area contributed by atoms with Crippen molar-refractivity contribution in [3.63, 3.8) is 0 Å². The van der Waals surface area contributed by atoms with E-state index in [0.29, 0.717) is 0 Å². The largest absolute Gasteiger partial charge is 0.330 e. The number of nitrogens with zero attached hydrogens (tertiary/aromatic N) is 2. The van der Waals surface area contributed by atoms with Crippen molar-refractivity contribution in [3.8, 4) is 0 Å².